The molecule has 182 valence electrons. The largest absolute Gasteiger partial charge is 0.497 e. The van der Waals surface area contributed by atoms with Crippen molar-refractivity contribution in [1.82, 2.24) is 9.47 Å². The number of benzene rings is 2. The van der Waals surface area contributed by atoms with Crippen molar-refractivity contribution in [2.45, 2.75) is 27.7 Å². The fraction of sp³-hybridized carbons (Fsp3) is 0.286. The van der Waals surface area contributed by atoms with Crippen LogP contribution in [0.3, 0.4) is 0 Å². The third-order valence-corrected chi connectivity index (χ3v) is 6.93. The van der Waals surface area contributed by atoms with E-state index in [0.717, 1.165) is 34.1 Å². The van der Waals surface area contributed by atoms with Gasteiger partial charge in [-0.2, -0.15) is 0 Å². The van der Waals surface area contributed by atoms with E-state index in [4.69, 9.17) is 14.5 Å². The Bertz CT molecular complexity index is 1290. The van der Waals surface area contributed by atoms with Crippen LogP contribution in [0.1, 0.15) is 28.1 Å². The monoisotopic (exact) mass is 489 g/mol. The number of thioether (sulfide) groups is 1. The number of aliphatic imine (C=N–C) groups is 1. The van der Waals surface area contributed by atoms with Crippen LogP contribution in [-0.2, 0) is 9.53 Å². The molecule has 2 heterocycles. The molecule has 0 radical (unpaired) electrons. The quantitative estimate of drug-likeness (QED) is 0.384. The molecule has 1 fully saturated rings. The highest BCUT2D eigenvalue weighted by Crippen LogP contribution is 2.35. The Morgan fingerprint density at radius 3 is 2.29 bits per heavy atom. The lowest BCUT2D eigenvalue weighted by Crippen LogP contribution is -2.32. The van der Waals surface area contributed by atoms with Gasteiger partial charge < -0.3 is 14.0 Å². The van der Waals surface area contributed by atoms with Gasteiger partial charge in [0.1, 0.15) is 5.75 Å². The molecule has 1 aliphatic rings. The smallest absolute Gasteiger partial charge is 0.266 e. The fourth-order valence-electron chi connectivity index (χ4n) is 4.29. The number of amides is 1. The van der Waals surface area contributed by atoms with E-state index < -0.39 is 0 Å². The Hall–Kier alpha value is -3.29. The summed E-state index contributed by atoms with van der Waals surface area (Å²) < 4.78 is 12.7. The van der Waals surface area contributed by atoms with Gasteiger partial charge in [-0.15, -0.1) is 0 Å². The highest BCUT2D eigenvalue weighted by atomic mass is 32.2. The molecule has 1 amide bonds. The molecule has 0 atom stereocenters. The van der Waals surface area contributed by atoms with Gasteiger partial charge in [0.25, 0.3) is 5.91 Å². The summed E-state index contributed by atoms with van der Waals surface area (Å²) in [5, 5.41) is 0.645. The van der Waals surface area contributed by atoms with Crippen LogP contribution < -0.4 is 4.74 Å². The van der Waals surface area contributed by atoms with Gasteiger partial charge in [0.2, 0.25) is 0 Å². The number of ether oxygens (including phenoxy) is 2. The predicted molar refractivity (Wildman–Crippen MR) is 144 cm³/mol. The number of amidine groups is 1. The molecule has 7 heteroatoms. The maximum Gasteiger partial charge on any atom is 0.266 e. The molecule has 0 unspecified atom stereocenters. The van der Waals surface area contributed by atoms with Crippen molar-refractivity contribution in [3.63, 3.8) is 0 Å². The Labute approximate surface area is 211 Å². The van der Waals surface area contributed by atoms with E-state index in [9.17, 15) is 4.79 Å². The van der Waals surface area contributed by atoms with E-state index in [1.807, 2.05) is 30.3 Å². The molecule has 0 N–H and O–H groups in total. The van der Waals surface area contributed by atoms with Crippen LogP contribution in [0, 0.1) is 27.7 Å². The summed E-state index contributed by atoms with van der Waals surface area (Å²) >= 11 is 1.39. The second kappa shape index (κ2) is 10.5. The third-order valence-electron chi connectivity index (χ3n) is 5.93. The summed E-state index contributed by atoms with van der Waals surface area (Å²) in [6.07, 6.45) is 1.98. The number of rotatable bonds is 7. The van der Waals surface area contributed by atoms with Crippen molar-refractivity contribution < 1.29 is 14.3 Å². The number of hydrogen-bond acceptors (Lipinski definition) is 5. The van der Waals surface area contributed by atoms with Crippen molar-refractivity contribution >= 4 is 34.6 Å². The molecule has 6 nitrogen and oxygen atoms in total. The maximum atomic E-state index is 13.4. The van der Waals surface area contributed by atoms with Crippen LogP contribution in [0.2, 0.25) is 0 Å². The minimum absolute atomic E-state index is 0.0597. The van der Waals surface area contributed by atoms with Gasteiger partial charge in [-0.05, 0) is 105 Å². The normalized spacial score (nSPS) is 16.1. The molecule has 1 aromatic heterocycles. The van der Waals surface area contributed by atoms with E-state index in [1.54, 1.807) is 19.1 Å². The first-order valence-electron chi connectivity index (χ1n) is 11.5. The first-order chi connectivity index (χ1) is 16.8. The fourth-order valence-corrected chi connectivity index (χ4v) is 5.31. The highest BCUT2D eigenvalue weighted by molar-refractivity contribution is 8.18. The van der Waals surface area contributed by atoms with Gasteiger partial charge in [0, 0.05) is 24.2 Å². The molecular formula is C28H31N3O3S. The number of carbonyl (C=O) groups is 1. The minimum atomic E-state index is -0.0597. The highest BCUT2D eigenvalue weighted by Gasteiger charge is 2.33. The van der Waals surface area contributed by atoms with Crippen molar-refractivity contribution in [1.29, 1.82) is 0 Å². The molecular weight excluding hydrogens is 458 g/mol. The van der Waals surface area contributed by atoms with Crippen molar-refractivity contribution in [3.8, 4) is 11.4 Å². The van der Waals surface area contributed by atoms with E-state index >= 15 is 0 Å². The van der Waals surface area contributed by atoms with Gasteiger partial charge >= 0.3 is 0 Å². The second-order valence-electron chi connectivity index (χ2n) is 8.66. The summed E-state index contributed by atoms with van der Waals surface area (Å²) in [6.45, 7) is 9.28. The van der Waals surface area contributed by atoms with Gasteiger partial charge in [-0.1, -0.05) is 6.07 Å². The molecule has 0 bridgehead atoms. The standard InChI is InChI=1S/C28H31N3O3S/c1-18-13-19(2)15-24(14-18)31-20(3)16-22(21(31)4)17-26-27(32)30(11-12-33-5)28(35-26)29-23-7-9-25(34-6)10-8-23/h7-10,13-17H,11-12H2,1-6H3/b26-17-,29-28?. The van der Waals surface area contributed by atoms with Gasteiger partial charge in [-0.3, -0.25) is 9.69 Å². The number of methoxy groups -OCH3 is 2. The van der Waals surface area contributed by atoms with Crippen LogP contribution in [-0.4, -0.2) is 47.9 Å². The minimum Gasteiger partial charge on any atom is -0.497 e. The number of carbonyl (C=O) groups excluding carboxylic acids is 1. The van der Waals surface area contributed by atoms with E-state index in [0.29, 0.717) is 23.2 Å². The lowest BCUT2D eigenvalue weighted by Gasteiger charge is -2.14. The second-order valence-corrected chi connectivity index (χ2v) is 9.67. The first kappa shape index (κ1) is 24.8. The molecule has 4 rings (SSSR count). The number of nitrogens with zero attached hydrogens (tertiary/aromatic N) is 3. The van der Waals surface area contributed by atoms with Gasteiger partial charge in [0.05, 0.1) is 30.9 Å². The Morgan fingerprint density at radius 1 is 0.971 bits per heavy atom. The molecule has 1 aliphatic heterocycles. The summed E-state index contributed by atoms with van der Waals surface area (Å²) in [7, 11) is 3.26. The van der Waals surface area contributed by atoms with Crippen LogP contribution in [0.5, 0.6) is 5.75 Å². The first-order valence-corrected chi connectivity index (χ1v) is 12.3. The zero-order chi connectivity index (χ0) is 25.1. The third kappa shape index (κ3) is 5.36. The van der Waals surface area contributed by atoms with Crippen molar-refractivity contribution in [2.75, 3.05) is 27.4 Å². The summed E-state index contributed by atoms with van der Waals surface area (Å²) in [5.74, 6) is 0.704. The topological polar surface area (TPSA) is 56.1 Å². The predicted octanol–water partition coefficient (Wildman–Crippen LogP) is 5.97. The lowest BCUT2D eigenvalue weighted by atomic mass is 10.1. The molecule has 0 spiro atoms. The average molecular weight is 490 g/mol. The van der Waals surface area contributed by atoms with Gasteiger partial charge in [0.15, 0.2) is 5.17 Å². The maximum absolute atomic E-state index is 13.4. The summed E-state index contributed by atoms with van der Waals surface area (Å²) in [5.41, 5.74) is 7.59. The number of aryl methyl sites for hydroxylation is 3. The van der Waals surface area contributed by atoms with Gasteiger partial charge in [-0.25, -0.2) is 4.99 Å². The van der Waals surface area contributed by atoms with Crippen LogP contribution in [0.25, 0.3) is 11.8 Å². The van der Waals surface area contributed by atoms with E-state index in [-0.39, 0.29) is 5.91 Å². The summed E-state index contributed by atoms with van der Waals surface area (Å²) in [4.78, 5) is 20.4. The molecule has 0 aliphatic carbocycles. The zero-order valence-corrected chi connectivity index (χ0v) is 21.9. The molecule has 0 saturated carbocycles. The molecule has 2 aromatic carbocycles. The van der Waals surface area contributed by atoms with Crippen LogP contribution in [0.15, 0.2) is 58.4 Å². The number of aromatic nitrogens is 1. The van der Waals surface area contributed by atoms with Crippen molar-refractivity contribution in [2.24, 2.45) is 4.99 Å². The van der Waals surface area contributed by atoms with Crippen LogP contribution >= 0.6 is 11.8 Å². The molecule has 3 aromatic rings. The number of hydrogen-bond donors (Lipinski definition) is 0. The molecule has 1 saturated heterocycles. The SMILES string of the molecule is COCCN1C(=O)/C(=C/c2cc(C)n(-c3cc(C)cc(C)c3)c2C)SC1=Nc1ccc(OC)cc1. The molecule has 35 heavy (non-hydrogen) atoms. The summed E-state index contributed by atoms with van der Waals surface area (Å²) in [6, 6.07) is 16.2. The lowest BCUT2D eigenvalue weighted by molar-refractivity contribution is -0.122. The average Bonchev–Trinajstić information content (AvgIpc) is 3.26. The Kier molecular flexibility index (Phi) is 7.48. The van der Waals surface area contributed by atoms with Crippen molar-refractivity contribution in [3.05, 3.63) is 81.5 Å². The van der Waals surface area contributed by atoms with E-state index in [2.05, 4.69) is 56.5 Å². The Morgan fingerprint density at radius 2 is 1.66 bits per heavy atom. The Balaban J connectivity index is 1.70. The van der Waals surface area contributed by atoms with Crippen LogP contribution in [0.4, 0.5) is 5.69 Å². The van der Waals surface area contributed by atoms with E-state index in [1.165, 1.54) is 22.9 Å². The zero-order valence-electron chi connectivity index (χ0n) is 21.1.